The fraction of sp³-hybridized carbons (Fsp3) is 0.357. The van der Waals surface area contributed by atoms with Gasteiger partial charge in [-0.2, -0.15) is 0 Å². The first kappa shape index (κ1) is 11.1. The van der Waals surface area contributed by atoms with Gasteiger partial charge < -0.3 is 0 Å². The van der Waals surface area contributed by atoms with Crippen LogP contribution in [0.3, 0.4) is 0 Å². The van der Waals surface area contributed by atoms with Gasteiger partial charge in [0, 0.05) is 0 Å². The molecule has 0 N–H and O–H groups in total. The Hall–Kier alpha value is -1.05. The maximum atomic E-state index is 11.9. The number of anilines is 1. The molecule has 0 atom stereocenters. The van der Waals surface area contributed by atoms with E-state index in [-0.39, 0.29) is 0 Å². The molecule has 0 amide bonds. The first-order chi connectivity index (χ1) is 8.29. The first-order valence-corrected chi connectivity index (χ1v) is 7.81. The van der Waals surface area contributed by atoms with Crippen molar-refractivity contribution >= 4 is 30.9 Å². The van der Waals surface area contributed by atoms with Crippen molar-refractivity contribution in [3.63, 3.8) is 0 Å². The molecule has 1 heterocycles. The van der Waals surface area contributed by atoms with Gasteiger partial charge in [0.15, 0.2) is 0 Å². The van der Waals surface area contributed by atoms with Crippen LogP contribution in [0.5, 0.6) is 0 Å². The summed E-state index contributed by atoms with van der Waals surface area (Å²) in [7, 11) is 0. The number of benzene rings is 1. The van der Waals surface area contributed by atoms with Gasteiger partial charge in [0.1, 0.15) is 0 Å². The van der Waals surface area contributed by atoms with E-state index in [0.29, 0.717) is 26.7 Å². The van der Waals surface area contributed by atoms with Crippen molar-refractivity contribution in [2.45, 2.75) is 19.8 Å². The summed E-state index contributed by atoms with van der Waals surface area (Å²) in [5.74, 6) is 0.675. The van der Waals surface area contributed by atoms with E-state index in [1.54, 1.807) is 0 Å². The summed E-state index contributed by atoms with van der Waals surface area (Å²) in [6.45, 7) is 3.09. The predicted molar refractivity (Wildman–Crippen MR) is 70.7 cm³/mol. The number of ketones is 1. The van der Waals surface area contributed by atoms with Crippen LogP contribution in [-0.4, -0.2) is 27.3 Å². The van der Waals surface area contributed by atoms with E-state index < -0.39 is 0 Å². The van der Waals surface area contributed by atoms with Crippen molar-refractivity contribution in [3.8, 4) is 0 Å². The quantitative estimate of drug-likeness (QED) is 0.624. The molecule has 17 heavy (non-hydrogen) atoms. The Kier molecular flexibility index (Phi) is 2.81. The molecular weight excluding hydrogens is 277 g/mol. The van der Waals surface area contributed by atoms with Crippen molar-refractivity contribution in [2.75, 3.05) is 11.4 Å². The molecule has 2 aliphatic rings. The molecule has 1 aromatic rings. The Morgan fingerprint density at radius 1 is 1.47 bits per heavy atom. The zero-order valence-corrected chi connectivity index (χ0v) is 11.6. The Labute approximate surface area is 108 Å². The Morgan fingerprint density at radius 2 is 2.24 bits per heavy atom. The van der Waals surface area contributed by atoms with Crippen LogP contribution in [0, 0.1) is 5.92 Å². The van der Waals surface area contributed by atoms with E-state index in [2.05, 4.69) is 36.1 Å². The van der Waals surface area contributed by atoms with Crippen LogP contribution in [0.15, 0.2) is 34.9 Å². The van der Waals surface area contributed by atoms with Gasteiger partial charge in [0.2, 0.25) is 0 Å². The van der Waals surface area contributed by atoms with Gasteiger partial charge >= 0.3 is 108 Å². The number of allylic oxidation sites excluding steroid dienone is 1. The van der Waals surface area contributed by atoms with Crippen LogP contribution in [0.2, 0.25) is 0 Å². The zero-order chi connectivity index (χ0) is 11.8. The van der Waals surface area contributed by atoms with Crippen LogP contribution >= 0.6 is 0 Å². The van der Waals surface area contributed by atoms with Gasteiger partial charge in [-0.25, -0.2) is 0 Å². The second kappa shape index (κ2) is 4.32. The van der Waals surface area contributed by atoms with E-state index in [9.17, 15) is 4.79 Å². The molecule has 0 radical (unpaired) electrons. The second-order valence-corrected chi connectivity index (χ2v) is 6.70. The maximum absolute atomic E-state index is 11.9. The molecule has 88 valence electrons. The summed E-state index contributed by atoms with van der Waals surface area (Å²) in [6, 6.07) is 8.49. The fourth-order valence-corrected chi connectivity index (χ4v) is 4.54. The van der Waals surface area contributed by atoms with Gasteiger partial charge in [0.05, 0.1) is 0 Å². The molecule has 1 fully saturated rings. The molecule has 3 heteroatoms. The minimum absolute atomic E-state index is 0.303. The Balaban J connectivity index is 1.91. The van der Waals surface area contributed by atoms with Crippen molar-refractivity contribution in [1.82, 2.24) is 0 Å². The van der Waals surface area contributed by atoms with E-state index in [1.807, 2.05) is 6.08 Å². The first-order valence-electron chi connectivity index (χ1n) is 6.09. The zero-order valence-electron chi connectivity index (χ0n) is 9.85. The van der Waals surface area contributed by atoms with E-state index >= 15 is 0 Å². The minimum atomic E-state index is 0.303. The van der Waals surface area contributed by atoms with Crippen molar-refractivity contribution in [2.24, 2.45) is 5.92 Å². The number of carbonyl (C=O) groups excluding carboxylic acids is 1. The third-order valence-corrected chi connectivity index (χ3v) is 5.53. The normalized spacial score (nSPS) is 20.8. The van der Waals surface area contributed by atoms with Crippen molar-refractivity contribution in [3.05, 3.63) is 34.9 Å². The predicted octanol–water partition coefficient (Wildman–Crippen LogP) is 1.68. The molecule has 1 aliphatic carbocycles. The van der Waals surface area contributed by atoms with Gasteiger partial charge in [0.25, 0.3) is 0 Å². The molecule has 3 rings (SSSR count). The summed E-state index contributed by atoms with van der Waals surface area (Å²) < 4.78 is 2.63. The second-order valence-electron chi connectivity index (χ2n) is 4.47. The van der Waals surface area contributed by atoms with Gasteiger partial charge in [-0.3, -0.25) is 0 Å². The molecule has 0 saturated heterocycles. The number of carbonyl (C=O) groups is 1. The third-order valence-electron chi connectivity index (χ3n) is 3.20. The number of rotatable bonds is 3. The van der Waals surface area contributed by atoms with Gasteiger partial charge in [-0.15, -0.1) is 0 Å². The Morgan fingerprint density at radius 3 is 2.94 bits per heavy atom. The van der Waals surface area contributed by atoms with Crippen LogP contribution in [-0.2, 0) is 4.79 Å². The molecule has 1 saturated carbocycles. The number of nitrogens with zero attached hydrogens (tertiary/aromatic N) is 1. The number of hydrogen-bond donors (Lipinski definition) is 0. The SMILES string of the molecule is CCN1C(=CC(=O)C2CC2)[Se]c2ccccc21. The molecule has 0 bridgehead atoms. The average Bonchev–Trinajstić information content (AvgIpc) is 3.11. The summed E-state index contributed by atoms with van der Waals surface area (Å²) >= 11 is 0.303. The fourth-order valence-electron chi connectivity index (χ4n) is 2.09. The Bertz CT molecular complexity index is 491. The number of para-hydroxylation sites is 1. The number of hydrogen-bond acceptors (Lipinski definition) is 2. The average molecular weight is 292 g/mol. The summed E-state index contributed by atoms with van der Waals surface area (Å²) in [6.07, 6.45) is 4.09. The summed E-state index contributed by atoms with van der Waals surface area (Å²) in [4.78, 5) is 14.2. The van der Waals surface area contributed by atoms with Gasteiger partial charge in [-0.05, 0) is 0 Å². The monoisotopic (exact) mass is 293 g/mol. The topological polar surface area (TPSA) is 20.3 Å². The van der Waals surface area contributed by atoms with E-state index in [1.165, 1.54) is 14.7 Å². The molecular formula is C14H15NOSe. The van der Waals surface area contributed by atoms with Crippen molar-refractivity contribution in [1.29, 1.82) is 0 Å². The van der Waals surface area contributed by atoms with Crippen LogP contribution in [0.1, 0.15) is 19.8 Å². The molecule has 0 aromatic heterocycles. The molecule has 0 spiro atoms. The van der Waals surface area contributed by atoms with Gasteiger partial charge in [-0.1, -0.05) is 0 Å². The summed E-state index contributed by atoms with van der Waals surface area (Å²) in [5.41, 5.74) is 1.30. The van der Waals surface area contributed by atoms with Crippen LogP contribution < -0.4 is 9.36 Å². The van der Waals surface area contributed by atoms with Crippen molar-refractivity contribution < 1.29 is 4.79 Å². The molecule has 1 aromatic carbocycles. The molecule has 0 unspecified atom stereocenters. The van der Waals surface area contributed by atoms with E-state index in [4.69, 9.17) is 0 Å². The molecule has 2 nitrogen and oxygen atoms in total. The third kappa shape index (κ3) is 2.05. The summed E-state index contributed by atoms with van der Waals surface area (Å²) in [5, 5.41) is 0. The van der Waals surface area contributed by atoms with E-state index in [0.717, 1.165) is 19.4 Å². The van der Waals surface area contributed by atoms with Crippen LogP contribution in [0.25, 0.3) is 0 Å². The van der Waals surface area contributed by atoms with Crippen LogP contribution in [0.4, 0.5) is 5.69 Å². The molecule has 1 aliphatic heterocycles. The standard InChI is InChI=1S/C14H15NOSe/c1-2-15-11-5-3-4-6-13(11)17-14(15)9-12(16)10-7-8-10/h3-6,9-10H,2,7-8H2,1H3. The number of fused-ring (bicyclic) bond motifs is 1.